The van der Waals surface area contributed by atoms with Crippen LogP contribution >= 0.6 is 0 Å². The van der Waals surface area contributed by atoms with Crippen LogP contribution in [0.1, 0.15) is 63.6 Å². The quantitative estimate of drug-likeness (QED) is 0.142. The third-order valence-corrected chi connectivity index (χ3v) is 7.44. The van der Waals surface area contributed by atoms with Crippen molar-refractivity contribution in [3.63, 3.8) is 0 Å². The molecule has 0 saturated carbocycles. The van der Waals surface area contributed by atoms with Crippen LogP contribution in [0.25, 0.3) is 5.76 Å². The number of unbranched alkanes of at least 4 members (excludes halogenated alkanes) is 2. The van der Waals surface area contributed by atoms with Crippen LogP contribution in [0.2, 0.25) is 0 Å². The summed E-state index contributed by atoms with van der Waals surface area (Å²) in [5, 5.41) is 11.4. The van der Waals surface area contributed by atoms with E-state index in [4.69, 9.17) is 14.2 Å². The van der Waals surface area contributed by atoms with Gasteiger partial charge in [-0.1, -0.05) is 45.7 Å². The monoisotopic (exact) mass is 564 g/mol. The summed E-state index contributed by atoms with van der Waals surface area (Å²) in [6.45, 7) is 11.9. The van der Waals surface area contributed by atoms with Crippen molar-refractivity contribution < 1.29 is 28.9 Å². The lowest BCUT2D eigenvalue weighted by molar-refractivity contribution is -0.140. The molecule has 2 aromatic carbocycles. The molecule has 2 saturated heterocycles. The highest BCUT2D eigenvalue weighted by Gasteiger charge is 2.45. The maximum atomic E-state index is 13.4. The zero-order valence-electron chi connectivity index (χ0n) is 24.6. The van der Waals surface area contributed by atoms with Crippen molar-refractivity contribution in [3.8, 4) is 11.5 Å². The van der Waals surface area contributed by atoms with Gasteiger partial charge in [-0.3, -0.25) is 14.5 Å². The van der Waals surface area contributed by atoms with Crippen LogP contribution in [0, 0.1) is 5.92 Å². The minimum atomic E-state index is -0.689. The van der Waals surface area contributed by atoms with Crippen molar-refractivity contribution in [1.29, 1.82) is 0 Å². The van der Waals surface area contributed by atoms with E-state index < -0.39 is 17.7 Å². The Morgan fingerprint density at radius 1 is 0.927 bits per heavy atom. The molecule has 2 aromatic rings. The topological polar surface area (TPSA) is 88.5 Å². The number of morpholine rings is 1. The van der Waals surface area contributed by atoms with Gasteiger partial charge < -0.3 is 24.2 Å². The second-order valence-electron chi connectivity index (χ2n) is 11.2. The predicted molar refractivity (Wildman–Crippen MR) is 159 cm³/mol. The highest BCUT2D eigenvalue weighted by atomic mass is 16.5. The summed E-state index contributed by atoms with van der Waals surface area (Å²) in [4.78, 5) is 30.7. The first-order valence-electron chi connectivity index (χ1n) is 14.9. The Bertz CT molecular complexity index is 1170. The number of amides is 1. The van der Waals surface area contributed by atoms with Gasteiger partial charge in [0.2, 0.25) is 0 Å². The molecule has 1 unspecified atom stereocenters. The average Bonchev–Trinajstić information content (AvgIpc) is 3.24. The lowest BCUT2D eigenvalue weighted by Gasteiger charge is -2.29. The highest BCUT2D eigenvalue weighted by molar-refractivity contribution is 6.46. The largest absolute Gasteiger partial charge is 0.507 e. The molecule has 1 N–H and O–H groups in total. The molecule has 0 spiro atoms. The molecule has 0 radical (unpaired) electrons. The maximum Gasteiger partial charge on any atom is 0.295 e. The number of nitrogens with zero attached hydrogens (tertiary/aromatic N) is 2. The van der Waals surface area contributed by atoms with Crippen LogP contribution in [0.3, 0.4) is 0 Å². The summed E-state index contributed by atoms with van der Waals surface area (Å²) >= 11 is 0. The van der Waals surface area contributed by atoms with E-state index in [2.05, 4.69) is 25.7 Å². The van der Waals surface area contributed by atoms with Crippen molar-refractivity contribution in [3.05, 3.63) is 65.2 Å². The third kappa shape index (κ3) is 8.11. The number of benzene rings is 2. The lowest BCUT2D eigenvalue weighted by Crippen LogP contribution is -2.38. The van der Waals surface area contributed by atoms with Crippen LogP contribution in [0.15, 0.2) is 54.1 Å². The first-order valence-corrected chi connectivity index (χ1v) is 14.9. The fourth-order valence-electron chi connectivity index (χ4n) is 5.16. The number of carbonyl (C=O) groups is 2. The molecule has 2 heterocycles. The first-order chi connectivity index (χ1) is 19.9. The number of hydrogen-bond donors (Lipinski definition) is 1. The number of ether oxygens (including phenoxy) is 3. The van der Waals surface area contributed by atoms with Gasteiger partial charge >= 0.3 is 0 Å². The number of aliphatic hydroxyl groups is 1. The van der Waals surface area contributed by atoms with Gasteiger partial charge in [0.05, 0.1) is 38.0 Å². The summed E-state index contributed by atoms with van der Waals surface area (Å²) < 4.78 is 17.1. The van der Waals surface area contributed by atoms with Gasteiger partial charge in [-0.15, -0.1) is 0 Å². The smallest absolute Gasteiger partial charge is 0.295 e. The van der Waals surface area contributed by atoms with E-state index in [1.54, 1.807) is 29.2 Å². The molecule has 2 aliphatic heterocycles. The van der Waals surface area contributed by atoms with Gasteiger partial charge in [0, 0.05) is 31.7 Å². The van der Waals surface area contributed by atoms with Gasteiger partial charge in [0.1, 0.15) is 17.3 Å². The van der Waals surface area contributed by atoms with E-state index in [0.29, 0.717) is 56.6 Å². The number of ketones is 1. The number of aliphatic hydroxyl groups excluding tert-OH is 1. The van der Waals surface area contributed by atoms with Crippen molar-refractivity contribution in [2.24, 2.45) is 5.92 Å². The number of hydrogen-bond acceptors (Lipinski definition) is 7. The summed E-state index contributed by atoms with van der Waals surface area (Å²) in [5.74, 6) is 0.375. The Hall–Kier alpha value is -3.36. The van der Waals surface area contributed by atoms with Gasteiger partial charge in [0.25, 0.3) is 11.7 Å². The standard InChI is InChI=1S/C33H44N2O6/c1-4-5-6-20-40-27-12-8-25(9-13-27)30-29(31(36)26-10-14-28(15-11-26)41-23-24(2)3)32(37)33(38)35(30)17-7-16-34-18-21-39-22-19-34/h8-15,24,30,36H,4-7,16-23H2,1-3H3/b31-29+. The third-order valence-electron chi connectivity index (χ3n) is 7.44. The van der Waals surface area contributed by atoms with E-state index in [9.17, 15) is 14.7 Å². The Morgan fingerprint density at radius 2 is 1.59 bits per heavy atom. The van der Waals surface area contributed by atoms with Crippen molar-refractivity contribution in [2.45, 2.75) is 52.5 Å². The van der Waals surface area contributed by atoms with Crippen LogP contribution in [0.5, 0.6) is 11.5 Å². The fourth-order valence-corrected chi connectivity index (χ4v) is 5.16. The SMILES string of the molecule is CCCCCOc1ccc(C2/C(=C(\O)c3ccc(OCC(C)C)cc3)C(=O)C(=O)N2CCCN2CCOCC2)cc1. The molecule has 1 atom stereocenters. The predicted octanol–water partition coefficient (Wildman–Crippen LogP) is 5.43. The van der Waals surface area contributed by atoms with E-state index in [-0.39, 0.29) is 11.3 Å². The molecule has 0 bridgehead atoms. The van der Waals surface area contributed by atoms with Gasteiger partial charge in [-0.25, -0.2) is 0 Å². The molecule has 0 aromatic heterocycles. The van der Waals surface area contributed by atoms with Crippen LogP contribution in [-0.4, -0.2) is 79.2 Å². The highest BCUT2D eigenvalue weighted by Crippen LogP contribution is 2.40. The number of carbonyl (C=O) groups excluding carboxylic acids is 2. The van der Waals surface area contributed by atoms with Crippen molar-refractivity contribution in [1.82, 2.24) is 9.80 Å². The Balaban J connectivity index is 1.59. The van der Waals surface area contributed by atoms with Gasteiger partial charge in [-0.2, -0.15) is 0 Å². The molecule has 0 aliphatic carbocycles. The first kappa shape index (κ1) is 30.6. The molecule has 2 fully saturated rings. The lowest BCUT2D eigenvalue weighted by atomic mass is 9.95. The molecule has 2 aliphatic rings. The normalized spacial score (nSPS) is 19.2. The summed E-state index contributed by atoms with van der Waals surface area (Å²) in [6, 6.07) is 13.8. The maximum absolute atomic E-state index is 13.4. The van der Waals surface area contributed by atoms with Gasteiger partial charge in [0.15, 0.2) is 0 Å². The van der Waals surface area contributed by atoms with Crippen LogP contribution in [-0.2, 0) is 14.3 Å². The van der Waals surface area contributed by atoms with Crippen LogP contribution in [0.4, 0.5) is 0 Å². The van der Waals surface area contributed by atoms with Crippen molar-refractivity contribution in [2.75, 3.05) is 52.6 Å². The Kier molecular flexibility index (Phi) is 11.2. The fraction of sp³-hybridized carbons (Fsp3) is 0.515. The second-order valence-corrected chi connectivity index (χ2v) is 11.2. The molecular weight excluding hydrogens is 520 g/mol. The number of rotatable bonds is 14. The van der Waals surface area contributed by atoms with E-state index >= 15 is 0 Å². The number of likely N-dealkylation sites (tertiary alicyclic amines) is 1. The Morgan fingerprint density at radius 3 is 2.24 bits per heavy atom. The molecule has 8 nitrogen and oxygen atoms in total. The molecule has 222 valence electrons. The van der Waals surface area contributed by atoms with E-state index in [1.807, 2.05) is 24.3 Å². The summed E-state index contributed by atoms with van der Waals surface area (Å²) in [5.41, 5.74) is 1.33. The summed E-state index contributed by atoms with van der Waals surface area (Å²) in [7, 11) is 0. The molecule has 1 amide bonds. The molecule has 4 rings (SSSR count). The summed E-state index contributed by atoms with van der Waals surface area (Å²) in [6.07, 6.45) is 3.94. The van der Waals surface area contributed by atoms with E-state index in [0.717, 1.165) is 50.2 Å². The minimum absolute atomic E-state index is 0.105. The molecular formula is C33H44N2O6. The second kappa shape index (κ2) is 15.0. The molecule has 8 heteroatoms. The minimum Gasteiger partial charge on any atom is -0.507 e. The van der Waals surface area contributed by atoms with Crippen molar-refractivity contribution >= 4 is 17.4 Å². The molecule has 41 heavy (non-hydrogen) atoms. The van der Waals surface area contributed by atoms with E-state index in [1.165, 1.54) is 0 Å². The van der Waals surface area contributed by atoms with Gasteiger partial charge in [-0.05, 0) is 60.7 Å². The zero-order chi connectivity index (χ0) is 29.2. The number of Topliss-reactive ketones (excluding diaryl/α,β-unsaturated/α-hetero) is 1. The Labute approximate surface area is 243 Å². The average molecular weight is 565 g/mol. The van der Waals surface area contributed by atoms with Crippen LogP contribution < -0.4 is 9.47 Å². The zero-order valence-corrected chi connectivity index (χ0v) is 24.6.